The molecule has 0 amide bonds. The molecule has 0 radical (unpaired) electrons. The average Bonchev–Trinajstić information content (AvgIpc) is 2.39. The van der Waals surface area contributed by atoms with Gasteiger partial charge in [-0.3, -0.25) is 4.79 Å². The molecule has 0 fully saturated rings. The van der Waals surface area contributed by atoms with E-state index >= 15 is 0 Å². The highest BCUT2D eigenvalue weighted by atomic mass is 35.5. The molecule has 0 N–H and O–H groups in total. The van der Waals surface area contributed by atoms with Crippen LogP contribution in [0.5, 0.6) is 5.75 Å². The zero-order valence-electron chi connectivity index (χ0n) is 10.4. The summed E-state index contributed by atoms with van der Waals surface area (Å²) in [5, 5.41) is -0.452. The van der Waals surface area contributed by atoms with Gasteiger partial charge in [0.05, 0.1) is 5.56 Å². The Morgan fingerprint density at radius 1 is 1.05 bits per heavy atom. The maximum Gasteiger partial charge on any atom is 0.226 e. The van der Waals surface area contributed by atoms with Crippen molar-refractivity contribution in [2.24, 2.45) is 0 Å². The summed E-state index contributed by atoms with van der Waals surface area (Å²) in [4.78, 5) is 10.7. The van der Waals surface area contributed by atoms with Crippen molar-refractivity contribution >= 4 is 16.8 Å². The molecule has 0 bridgehead atoms. The molecule has 2 aromatic rings. The molecule has 0 unspecified atom stereocenters. The fourth-order valence-electron chi connectivity index (χ4n) is 1.69. The van der Waals surface area contributed by atoms with Gasteiger partial charge in [-0.05, 0) is 41.4 Å². The molecular weight excluding hydrogens is 286 g/mol. The molecule has 104 valence electrons. The SMILES string of the molecule is O=C(Cl)Cc1ccc(OCc2c(F)cccc2F)cc1. The first-order valence-corrected chi connectivity index (χ1v) is 6.27. The average molecular weight is 297 g/mol. The number of rotatable bonds is 5. The van der Waals surface area contributed by atoms with E-state index in [2.05, 4.69) is 0 Å². The van der Waals surface area contributed by atoms with Crippen LogP contribution in [0.15, 0.2) is 42.5 Å². The fourth-order valence-corrected chi connectivity index (χ4v) is 1.84. The third kappa shape index (κ3) is 3.78. The van der Waals surface area contributed by atoms with Crippen molar-refractivity contribution in [3.8, 4) is 5.75 Å². The minimum Gasteiger partial charge on any atom is -0.489 e. The van der Waals surface area contributed by atoms with Crippen molar-refractivity contribution in [3.63, 3.8) is 0 Å². The Bertz CT molecular complexity index is 592. The predicted octanol–water partition coefficient (Wildman–Crippen LogP) is 3.85. The molecule has 0 atom stereocenters. The Morgan fingerprint density at radius 2 is 1.65 bits per heavy atom. The van der Waals surface area contributed by atoms with Gasteiger partial charge in [-0.1, -0.05) is 18.2 Å². The first-order chi connectivity index (χ1) is 9.56. The largest absolute Gasteiger partial charge is 0.489 e. The number of benzene rings is 2. The van der Waals surface area contributed by atoms with Crippen LogP contribution >= 0.6 is 11.6 Å². The lowest BCUT2D eigenvalue weighted by molar-refractivity contribution is -0.111. The van der Waals surface area contributed by atoms with E-state index in [4.69, 9.17) is 16.3 Å². The molecule has 0 saturated heterocycles. The van der Waals surface area contributed by atoms with Crippen LogP contribution in [-0.4, -0.2) is 5.24 Å². The van der Waals surface area contributed by atoms with E-state index in [1.807, 2.05) is 0 Å². The number of carbonyl (C=O) groups is 1. The van der Waals surface area contributed by atoms with Crippen LogP contribution in [0.4, 0.5) is 8.78 Å². The summed E-state index contributed by atoms with van der Waals surface area (Å²) in [6.07, 6.45) is 0.129. The lowest BCUT2D eigenvalue weighted by Gasteiger charge is -2.08. The van der Waals surface area contributed by atoms with E-state index in [-0.39, 0.29) is 18.6 Å². The summed E-state index contributed by atoms with van der Waals surface area (Å²) in [5.74, 6) is -0.831. The number of halogens is 3. The lowest BCUT2D eigenvalue weighted by Crippen LogP contribution is -2.02. The summed E-state index contributed by atoms with van der Waals surface area (Å²) in [6, 6.07) is 10.2. The first-order valence-electron chi connectivity index (χ1n) is 5.89. The molecular formula is C15H11ClF2O2. The van der Waals surface area contributed by atoms with Crippen LogP contribution < -0.4 is 4.74 Å². The zero-order chi connectivity index (χ0) is 14.5. The van der Waals surface area contributed by atoms with Crippen LogP contribution in [-0.2, 0) is 17.8 Å². The number of carbonyl (C=O) groups excluding carboxylic acids is 1. The van der Waals surface area contributed by atoms with Crippen molar-refractivity contribution in [2.75, 3.05) is 0 Å². The molecule has 2 nitrogen and oxygen atoms in total. The quantitative estimate of drug-likeness (QED) is 0.783. The molecule has 0 aliphatic rings. The molecule has 2 rings (SSSR count). The highest BCUT2D eigenvalue weighted by molar-refractivity contribution is 6.63. The summed E-state index contributed by atoms with van der Waals surface area (Å²) < 4.78 is 32.1. The topological polar surface area (TPSA) is 26.3 Å². The van der Waals surface area contributed by atoms with Gasteiger partial charge in [0.15, 0.2) is 0 Å². The summed E-state index contributed by atoms with van der Waals surface area (Å²) >= 11 is 5.27. The minimum atomic E-state index is -0.644. The van der Waals surface area contributed by atoms with Gasteiger partial charge in [0.1, 0.15) is 24.0 Å². The van der Waals surface area contributed by atoms with E-state index < -0.39 is 16.9 Å². The second-order valence-corrected chi connectivity index (χ2v) is 4.59. The summed E-state index contributed by atoms with van der Waals surface area (Å²) in [7, 11) is 0. The van der Waals surface area contributed by atoms with Crippen molar-refractivity contribution in [1.29, 1.82) is 0 Å². The van der Waals surface area contributed by atoms with E-state index in [9.17, 15) is 13.6 Å². The van der Waals surface area contributed by atoms with Gasteiger partial charge in [0.25, 0.3) is 0 Å². The van der Waals surface area contributed by atoms with Crippen molar-refractivity contribution < 1.29 is 18.3 Å². The van der Waals surface area contributed by atoms with Crippen LogP contribution in [0.3, 0.4) is 0 Å². The Labute approximate surface area is 119 Å². The molecule has 2 aromatic carbocycles. The molecule has 0 spiro atoms. The monoisotopic (exact) mass is 296 g/mol. The van der Waals surface area contributed by atoms with E-state index in [1.54, 1.807) is 24.3 Å². The van der Waals surface area contributed by atoms with Crippen LogP contribution in [0, 0.1) is 11.6 Å². The minimum absolute atomic E-state index is 0.118. The molecule has 0 aliphatic carbocycles. The highest BCUT2D eigenvalue weighted by Crippen LogP contribution is 2.18. The second kappa shape index (κ2) is 6.48. The van der Waals surface area contributed by atoms with Gasteiger partial charge < -0.3 is 4.74 Å². The van der Waals surface area contributed by atoms with Crippen LogP contribution in [0.1, 0.15) is 11.1 Å². The Hall–Kier alpha value is -1.94. The predicted molar refractivity (Wildman–Crippen MR) is 71.7 cm³/mol. The number of hydrogen-bond acceptors (Lipinski definition) is 2. The van der Waals surface area contributed by atoms with Crippen molar-refractivity contribution in [2.45, 2.75) is 13.0 Å². The van der Waals surface area contributed by atoms with E-state index in [1.165, 1.54) is 18.2 Å². The van der Waals surface area contributed by atoms with Gasteiger partial charge in [0, 0.05) is 6.42 Å². The first kappa shape index (κ1) is 14.5. The number of ether oxygens (including phenoxy) is 1. The van der Waals surface area contributed by atoms with E-state index in [0.29, 0.717) is 5.75 Å². The third-order valence-electron chi connectivity index (χ3n) is 2.71. The third-order valence-corrected chi connectivity index (χ3v) is 2.84. The smallest absolute Gasteiger partial charge is 0.226 e. The Kier molecular flexibility index (Phi) is 4.69. The molecule has 0 aromatic heterocycles. The molecule has 0 saturated carbocycles. The van der Waals surface area contributed by atoms with Gasteiger partial charge in [-0.25, -0.2) is 8.78 Å². The second-order valence-electron chi connectivity index (χ2n) is 4.16. The Morgan fingerprint density at radius 3 is 2.20 bits per heavy atom. The maximum atomic E-state index is 13.4. The normalized spacial score (nSPS) is 10.3. The number of hydrogen-bond donors (Lipinski definition) is 0. The summed E-state index contributed by atoms with van der Waals surface area (Å²) in [6.45, 7) is -0.202. The van der Waals surface area contributed by atoms with Gasteiger partial charge >= 0.3 is 0 Å². The van der Waals surface area contributed by atoms with Crippen LogP contribution in [0.2, 0.25) is 0 Å². The zero-order valence-corrected chi connectivity index (χ0v) is 11.2. The summed E-state index contributed by atoms with van der Waals surface area (Å²) in [5.41, 5.74) is 0.627. The van der Waals surface area contributed by atoms with Gasteiger partial charge in [-0.2, -0.15) is 0 Å². The van der Waals surface area contributed by atoms with Crippen LogP contribution in [0.25, 0.3) is 0 Å². The molecule has 0 heterocycles. The molecule has 5 heteroatoms. The molecule has 0 aliphatic heterocycles. The highest BCUT2D eigenvalue weighted by Gasteiger charge is 2.09. The lowest BCUT2D eigenvalue weighted by atomic mass is 10.1. The van der Waals surface area contributed by atoms with Gasteiger partial charge in [0.2, 0.25) is 5.24 Å². The molecule has 20 heavy (non-hydrogen) atoms. The van der Waals surface area contributed by atoms with Crippen molar-refractivity contribution in [3.05, 3.63) is 65.2 Å². The standard InChI is InChI=1S/C15H11ClF2O2/c16-15(19)8-10-4-6-11(7-5-10)20-9-12-13(17)2-1-3-14(12)18/h1-7H,8-9H2. The van der Waals surface area contributed by atoms with Crippen molar-refractivity contribution in [1.82, 2.24) is 0 Å². The van der Waals surface area contributed by atoms with E-state index in [0.717, 1.165) is 5.56 Å². The Balaban J connectivity index is 2.02. The van der Waals surface area contributed by atoms with Gasteiger partial charge in [-0.15, -0.1) is 0 Å². The maximum absolute atomic E-state index is 13.4. The fraction of sp³-hybridized carbons (Fsp3) is 0.133.